The van der Waals surface area contributed by atoms with Crippen LogP contribution in [0.1, 0.15) is 39.2 Å². The number of rotatable bonds is 5. The van der Waals surface area contributed by atoms with Gasteiger partial charge in [0.1, 0.15) is 5.75 Å². The molecule has 0 saturated carbocycles. The number of carbonyl (C=O) groups is 1. The number of piperidine rings is 1. The van der Waals surface area contributed by atoms with Crippen LogP contribution in [0.2, 0.25) is 0 Å². The van der Waals surface area contributed by atoms with E-state index in [-0.39, 0.29) is 17.9 Å². The van der Waals surface area contributed by atoms with Crippen LogP contribution in [0.15, 0.2) is 53.6 Å². The predicted molar refractivity (Wildman–Crippen MR) is 128 cm³/mol. The maximum atomic E-state index is 11.4. The van der Waals surface area contributed by atoms with Crippen molar-refractivity contribution in [2.24, 2.45) is 16.6 Å². The number of carbonyl (C=O) groups excluding carboxylic acids is 1. The Kier molecular flexibility index (Phi) is 10.7. The van der Waals surface area contributed by atoms with E-state index >= 15 is 0 Å². The van der Waals surface area contributed by atoms with Gasteiger partial charge in [0.15, 0.2) is 0 Å². The van der Waals surface area contributed by atoms with Crippen LogP contribution in [0, 0.1) is 5.92 Å². The molecule has 2 N–H and O–H groups in total. The second-order valence-electron chi connectivity index (χ2n) is 7.30. The van der Waals surface area contributed by atoms with Crippen LogP contribution in [0.3, 0.4) is 0 Å². The van der Waals surface area contributed by atoms with E-state index in [0.717, 1.165) is 50.4 Å². The van der Waals surface area contributed by atoms with Gasteiger partial charge in [-0.3, -0.25) is 4.79 Å². The van der Waals surface area contributed by atoms with Gasteiger partial charge in [-0.25, -0.2) is 4.99 Å². The molecule has 5 nitrogen and oxygen atoms in total. The number of amides is 1. The molecule has 164 valence electrons. The van der Waals surface area contributed by atoms with Crippen LogP contribution < -0.4 is 10.5 Å². The van der Waals surface area contributed by atoms with Gasteiger partial charge in [-0.1, -0.05) is 62.0 Å². The second kappa shape index (κ2) is 13.3. The van der Waals surface area contributed by atoms with Gasteiger partial charge in [0, 0.05) is 18.8 Å². The molecule has 1 saturated heterocycles. The Balaban J connectivity index is 0.00000155. The number of likely N-dealkylation sites (tertiary alicyclic amines) is 1. The molecule has 1 amide bonds. The number of aliphatic imine (C=N–C) groups is 1. The SMILES string of the molecule is CC.CC1/C=C\C=C/CSC(Oc2ccc(CCN3CCCC(C(N)=O)C3)cc2)=N1. The number of nitrogens with two attached hydrogens (primary N) is 1. The molecule has 6 heteroatoms. The third-order valence-corrected chi connectivity index (χ3v) is 5.80. The van der Waals surface area contributed by atoms with Crippen LogP contribution in [0.25, 0.3) is 0 Å². The fourth-order valence-electron chi connectivity index (χ4n) is 3.38. The lowest BCUT2D eigenvalue weighted by atomic mass is 9.97. The molecule has 2 aliphatic heterocycles. The predicted octanol–water partition coefficient (Wildman–Crippen LogP) is 4.44. The monoisotopic (exact) mass is 429 g/mol. The van der Waals surface area contributed by atoms with Crippen molar-refractivity contribution in [1.82, 2.24) is 4.90 Å². The van der Waals surface area contributed by atoms with Gasteiger partial charge in [0.25, 0.3) is 5.23 Å². The zero-order chi connectivity index (χ0) is 21.8. The molecule has 1 fully saturated rings. The first-order valence-corrected chi connectivity index (χ1v) is 11.9. The summed E-state index contributed by atoms with van der Waals surface area (Å²) >= 11 is 1.60. The summed E-state index contributed by atoms with van der Waals surface area (Å²) in [5, 5.41) is 0.697. The molecular weight excluding hydrogens is 394 g/mol. The largest absolute Gasteiger partial charge is 0.434 e. The number of ether oxygens (including phenoxy) is 1. The van der Waals surface area contributed by atoms with Gasteiger partial charge < -0.3 is 15.4 Å². The Hall–Kier alpha value is -2.05. The molecule has 3 rings (SSSR count). The van der Waals surface area contributed by atoms with Crippen molar-refractivity contribution in [3.63, 3.8) is 0 Å². The Labute approximate surface area is 185 Å². The summed E-state index contributed by atoms with van der Waals surface area (Å²) in [6, 6.07) is 8.31. The maximum absolute atomic E-state index is 11.4. The zero-order valence-electron chi connectivity index (χ0n) is 18.4. The van der Waals surface area contributed by atoms with E-state index in [0.29, 0.717) is 5.23 Å². The Morgan fingerprint density at radius 1 is 1.27 bits per heavy atom. The van der Waals surface area contributed by atoms with Crippen molar-refractivity contribution in [3.05, 3.63) is 54.1 Å². The summed E-state index contributed by atoms with van der Waals surface area (Å²) in [5.74, 6) is 1.48. The minimum absolute atomic E-state index is 0.00265. The highest BCUT2D eigenvalue weighted by Crippen LogP contribution is 2.20. The Morgan fingerprint density at radius 3 is 2.77 bits per heavy atom. The fourth-order valence-corrected chi connectivity index (χ4v) is 4.13. The average Bonchev–Trinajstić information content (AvgIpc) is 2.86. The highest BCUT2D eigenvalue weighted by atomic mass is 32.2. The third kappa shape index (κ3) is 8.36. The van der Waals surface area contributed by atoms with Crippen LogP contribution in [-0.2, 0) is 11.2 Å². The van der Waals surface area contributed by atoms with Crippen LogP contribution in [0.4, 0.5) is 0 Å². The van der Waals surface area contributed by atoms with Gasteiger partial charge >= 0.3 is 0 Å². The number of hydrogen-bond donors (Lipinski definition) is 1. The molecular formula is C24H35N3O2S. The molecule has 0 spiro atoms. The van der Waals surface area contributed by atoms with Gasteiger partial charge in [0.2, 0.25) is 5.91 Å². The quantitative estimate of drug-likeness (QED) is 0.752. The molecule has 0 aliphatic carbocycles. The van der Waals surface area contributed by atoms with E-state index in [4.69, 9.17) is 10.5 Å². The average molecular weight is 430 g/mol. The standard InChI is InChI=1S/C22H29N3O2S.C2H6/c1-17-6-3-2-4-15-28-22(24-17)27-20-10-8-18(9-11-20)12-14-25-13-5-7-19(16-25)21(23)26;1-2/h2-4,6,8-11,17,19H,5,7,12-16H2,1H3,(H2,23,26);1-2H3/b4-2-,6-3-,24-22?;. The van der Waals surface area contributed by atoms with Gasteiger partial charge in [-0.15, -0.1) is 0 Å². The summed E-state index contributed by atoms with van der Waals surface area (Å²) in [5.41, 5.74) is 6.73. The first kappa shape index (κ1) is 24.2. The van der Waals surface area contributed by atoms with E-state index in [1.54, 1.807) is 11.8 Å². The number of thioether (sulfide) groups is 1. The second-order valence-corrected chi connectivity index (χ2v) is 8.27. The van der Waals surface area contributed by atoms with Crippen molar-refractivity contribution in [3.8, 4) is 5.75 Å². The van der Waals surface area contributed by atoms with E-state index in [2.05, 4.69) is 34.2 Å². The number of nitrogens with zero attached hydrogens (tertiary/aromatic N) is 2. The van der Waals surface area contributed by atoms with Gasteiger partial charge in [-0.2, -0.15) is 0 Å². The molecule has 2 unspecified atom stereocenters. The maximum Gasteiger partial charge on any atom is 0.252 e. The fraction of sp³-hybridized carbons (Fsp3) is 0.500. The molecule has 1 aromatic rings. The summed E-state index contributed by atoms with van der Waals surface area (Å²) in [6.07, 6.45) is 11.1. The number of allylic oxidation sites excluding steroid dienone is 2. The molecule has 0 radical (unpaired) electrons. The first-order valence-electron chi connectivity index (χ1n) is 10.9. The number of primary amides is 1. The topological polar surface area (TPSA) is 67.9 Å². The highest BCUT2D eigenvalue weighted by Gasteiger charge is 2.23. The smallest absolute Gasteiger partial charge is 0.252 e. The summed E-state index contributed by atoms with van der Waals surface area (Å²) in [7, 11) is 0. The zero-order valence-corrected chi connectivity index (χ0v) is 19.2. The summed E-state index contributed by atoms with van der Waals surface area (Å²) in [6.45, 7) is 8.83. The van der Waals surface area contributed by atoms with Crippen molar-refractivity contribution in [1.29, 1.82) is 0 Å². The molecule has 2 heterocycles. The minimum atomic E-state index is -0.169. The first-order chi connectivity index (χ1) is 14.6. The van der Waals surface area contributed by atoms with Crippen LogP contribution >= 0.6 is 11.8 Å². The molecule has 0 aromatic heterocycles. The van der Waals surface area contributed by atoms with E-state index in [1.165, 1.54) is 5.56 Å². The molecule has 0 bridgehead atoms. The van der Waals surface area contributed by atoms with Crippen molar-refractivity contribution in [2.75, 3.05) is 25.4 Å². The normalized spacial score (nSPS) is 24.2. The van der Waals surface area contributed by atoms with Crippen LogP contribution in [0.5, 0.6) is 5.75 Å². The Morgan fingerprint density at radius 2 is 2.03 bits per heavy atom. The van der Waals surface area contributed by atoms with Gasteiger partial charge in [-0.05, 0) is 50.4 Å². The number of hydrogen-bond acceptors (Lipinski definition) is 5. The number of benzene rings is 1. The van der Waals surface area contributed by atoms with E-state index in [1.807, 2.05) is 45.1 Å². The van der Waals surface area contributed by atoms with Crippen molar-refractivity contribution >= 4 is 22.9 Å². The lowest BCUT2D eigenvalue weighted by molar-refractivity contribution is -0.123. The van der Waals surface area contributed by atoms with E-state index in [9.17, 15) is 4.79 Å². The minimum Gasteiger partial charge on any atom is -0.434 e. The molecule has 30 heavy (non-hydrogen) atoms. The lowest BCUT2D eigenvalue weighted by Gasteiger charge is -2.31. The van der Waals surface area contributed by atoms with Gasteiger partial charge in [0.05, 0.1) is 12.0 Å². The summed E-state index contributed by atoms with van der Waals surface area (Å²) in [4.78, 5) is 18.4. The summed E-state index contributed by atoms with van der Waals surface area (Å²) < 4.78 is 5.99. The van der Waals surface area contributed by atoms with Crippen molar-refractivity contribution < 1.29 is 9.53 Å². The Bertz CT molecular complexity index is 743. The van der Waals surface area contributed by atoms with E-state index < -0.39 is 0 Å². The third-order valence-electron chi connectivity index (χ3n) is 5.00. The molecule has 2 aliphatic rings. The lowest BCUT2D eigenvalue weighted by Crippen LogP contribution is -2.41. The van der Waals surface area contributed by atoms with Crippen LogP contribution in [-0.4, -0.2) is 47.5 Å². The molecule has 2 atom stereocenters. The highest BCUT2D eigenvalue weighted by molar-refractivity contribution is 8.13. The molecule has 1 aromatic carbocycles. The van der Waals surface area contributed by atoms with Crippen molar-refractivity contribution in [2.45, 2.75) is 46.1 Å².